The largest absolute Gasteiger partial charge is 0.491 e. The van der Waals surface area contributed by atoms with E-state index in [0.29, 0.717) is 17.4 Å². The second kappa shape index (κ2) is 6.93. The third kappa shape index (κ3) is 3.14. The first-order valence-electron chi connectivity index (χ1n) is 7.79. The summed E-state index contributed by atoms with van der Waals surface area (Å²) in [5.41, 5.74) is 2.90. The van der Waals surface area contributed by atoms with Crippen molar-refractivity contribution in [3.05, 3.63) is 49.1 Å². The average molecular weight is 365 g/mol. The molecule has 1 N–H and O–H groups in total. The highest BCUT2D eigenvalue weighted by atomic mass is 32.1. The van der Waals surface area contributed by atoms with Gasteiger partial charge in [-0.05, 0) is 29.8 Å². The van der Waals surface area contributed by atoms with Crippen molar-refractivity contribution in [1.29, 1.82) is 0 Å². The normalized spacial score (nSPS) is 10.7. The molecule has 4 aromatic rings. The van der Waals surface area contributed by atoms with Gasteiger partial charge in [-0.15, -0.1) is 0 Å². The van der Waals surface area contributed by atoms with Crippen molar-refractivity contribution in [3.8, 4) is 22.8 Å². The molecule has 0 aliphatic carbocycles. The summed E-state index contributed by atoms with van der Waals surface area (Å²) in [7, 11) is 3.17. The molecular formula is C18H15N5O2S. The number of rotatable bonds is 5. The summed E-state index contributed by atoms with van der Waals surface area (Å²) in [4.78, 5) is 17.0. The van der Waals surface area contributed by atoms with E-state index in [2.05, 4.69) is 31.3 Å². The molecule has 0 saturated heterocycles. The van der Waals surface area contributed by atoms with Crippen molar-refractivity contribution in [2.24, 2.45) is 0 Å². The zero-order valence-corrected chi connectivity index (χ0v) is 14.9. The van der Waals surface area contributed by atoms with Crippen LogP contribution in [0.3, 0.4) is 0 Å². The van der Waals surface area contributed by atoms with E-state index in [0.717, 1.165) is 26.5 Å². The van der Waals surface area contributed by atoms with Gasteiger partial charge in [-0.2, -0.15) is 0 Å². The zero-order chi connectivity index (χ0) is 17.9. The highest BCUT2D eigenvalue weighted by molar-refractivity contribution is 7.22. The van der Waals surface area contributed by atoms with Crippen LogP contribution in [0.4, 0.5) is 10.9 Å². The Balaban J connectivity index is 1.67. The summed E-state index contributed by atoms with van der Waals surface area (Å²) in [5.74, 6) is 1.77. The Morgan fingerprint density at radius 2 is 1.92 bits per heavy atom. The van der Waals surface area contributed by atoms with Crippen LogP contribution < -0.4 is 14.8 Å². The van der Waals surface area contributed by atoms with E-state index in [-0.39, 0.29) is 0 Å². The summed E-state index contributed by atoms with van der Waals surface area (Å²) in [6.07, 6.45) is 4.95. The fourth-order valence-electron chi connectivity index (χ4n) is 2.52. The van der Waals surface area contributed by atoms with Crippen LogP contribution in [-0.4, -0.2) is 34.2 Å². The summed E-state index contributed by atoms with van der Waals surface area (Å²) in [6.45, 7) is 0. The molecule has 4 rings (SSSR count). The summed E-state index contributed by atoms with van der Waals surface area (Å²) in [6, 6.07) is 9.80. The SMILES string of the molecule is COc1cc(-c2ccc3nc(Nc4ccncn4)sc3c2)cnc1OC. The topological polar surface area (TPSA) is 82.0 Å². The maximum Gasteiger partial charge on any atom is 0.256 e. The first kappa shape index (κ1) is 16.2. The quantitative estimate of drug-likeness (QED) is 0.574. The highest BCUT2D eigenvalue weighted by Crippen LogP contribution is 2.34. The van der Waals surface area contributed by atoms with E-state index in [1.165, 1.54) is 6.33 Å². The van der Waals surface area contributed by atoms with E-state index in [4.69, 9.17) is 9.47 Å². The van der Waals surface area contributed by atoms with Gasteiger partial charge in [0.25, 0.3) is 5.88 Å². The molecule has 0 radical (unpaired) electrons. The second-order valence-electron chi connectivity index (χ2n) is 5.36. The van der Waals surface area contributed by atoms with Crippen LogP contribution >= 0.6 is 11.3 Å². The first-order chi connectivity index (χ1) is 12.8. The Morgan fingerprint density at radius 3 is 2.69 bits per heavy atom. The summed E-state index contributed by atoms with van der Waals surface area (Å²) < 4.78 is 11.6. The van der Waals surface area contributed by atoms with E-state index < -0.39 is 0 Å². The molecule has 26 heavy (non-hydrogen) atoms. The van der Waals surface area contributed by atoms with Crippen LogP contribution in [0.1, 0.15) is 0 Å². The molecule has 0 amide bonds. The van der Waals surface area contributed by atoms with Gasteiger partial charge in [-0.3, -0.25) is 0 Å². The number of nitrogens with one attached hydrogen (secondary N) is 1. The lowest BCUT2D eigenvalue weighted by atomic mass is 10.1. The van der Waals surface area contributed by atoms with Gasteiger partial charge < -0.3 is 14.8 Å². The summed E-state index contributed by atoms with van der Waals surface area (Å²) in [5, 5.41) is 3.97. The lowest BCUT2D eigenvalue weighted by molar-refractivity contribution is 0.343. The molecule has 0 aliphatic heterocycles. The van der Waals surface area contributed by atoms with E-state index in [9.17, 15) is 0 Å². The number of fused-ring (bicyclic) bond motifs is 1. The number of hydrogen-bond acceptors (Lipinski definition) is 8. The van der Waals surface area contributed by atoms with Gasteiger partial charge in [-0.1, -0.05) is 17.4 Å². The van der Waals surface area contributed by atoms with Gasteiger partial charge in [0, 0.05) is 18.0 Å². The van der Waals surface area contributed by atoms with Gasteiger partial charge in [0.05, 0.1) is 24.4 Å². The van der Waals surface area contributed by atoms with E-state index >= 15 is 0 Å². The number of methoxy groups -OCH3 is 2. The van der Waals surface area contributed by atoms with E-state index in [1.54, 1.807) is 44.0 Å². The molecule has 0 unspecified atom stereocenters. The zero-order valence-electron chi connectivity index (χ0n) is 14.1. The second-order valence-corrected chi connectivity index (χ2v) is 6.39. The summed E-state index contributed by atoms with van der Waals surface area (Å²) >= 11 is 1.56. The van der Waals surface area contributed by atoms with Crippen LogP contribution in [0.5, 0.6) is 11.6 Å². The minimum atomic E-state index is 0.464. The molecule has 0 aliphatic rings. The molecule has 3 heterocycles. The number of aromatic nitrogens is 4. The van der Waals surface area contributed by atoms with Gasteiger partial charge in [0.2, 0.25) is 0 Å². The molecule has 0 bridgehead atoms. The lowest BCUT2D eigenvalue weighted by Gasteiger charge is -2.08. The molecule has 0 spiro atoms. The molecule has 7 nitrogen and oxygen atoms in total. The molecule has 0 fully saturated rings. The Hall–Kier alpha value is -3.26. The van der Waals surface area contributed by atoms with Gasteiger partial charge in [-0.25, -0.2) is 19.9 Å². The fourth-order valence-corrected chi connectivity index (χ4v) is 3.43. The van der Waals surface area contributed by atoms with Crippen LogP contribution in [-0.2, 0) is 0 Å². The molecule has 130 valence electrons. The standard InChI is InChI=1S/C18H15N5O2S/c1-24-14-7-12(9-20-17(14)25-2)11-3-4-13-15(8-11)26-18(22-13)23-16-5-6-19-10-21-16/h3-10H,1-2H3,(H,19,21,22,23). The van der Waals surface area contributed by atoms with Gasteiger partial charge in [0.15, 0.2) is 10.9 Å². The van der Waals surface area contributed by atoms with Crippen molar-refractivity contribution in [1.82, 2.24) is 19.9 Å². The van der Waals surface area contributed by atoms with Crippen molar-refractivity contribution in [2.45, 2.75) is 0 Å². The van der Waals surface area contributed by atoms with Crippen LogP contribution in [0.2, 0.25) is 0 Å². The van der Waals surface area contributed by atoms with Crippen molar-refractivity contribution in [3.63, 3.8) is 0 Å². The maximum absolute atomic E-state index is 5.34. The van der Waals surface area contributed by atoms with Gasteiger partial charge >= 0.3 is 0 Å². The van der Waals surface area contributed by atoms with Crippen molar-refractivity contribution < 1.29 is 9.47 Å². The minimum Gasteiger partial charge on any atom is -0.491 e. The van der Waals surface area contributed by atoms with Crippen LogP contribution in [0, 0.1) is 0 Å². The predicted octanol–water partition coefficient (Wildman–Crippen LogP) is 3.91. The fraction of sp³-hybridized carbons (Fsp3) is 0.111. The molecular weight excluding hydrogens is 350 g/mol. The number of nitrogens with zero attached hydrogens (tertiary/aromatic N) is 4. The first-order valence-corrected chi connectivity index (χ1v) is 8.60. The molecule has 8 heteroatoms. The monoisotopic (exact) mass is 365 g/mol. The predicted molar refractivity (Wildman–Crippen MR) is 101 cm³/mol. The minimum absolute atomic E-state index is 0.464. The van der Waals surface area contributed by atoms with Gasteiger partial charge in [0.1, 0.15) is 12.1 Å². The number of thiazole rings is 1. The molecule has 1 aromatic carbocycles. The van der Waals surface area contributed by atoms with Crippen LogP contribution in [0.25, 0.3) is 21.3 Å². The van der Waals surface area contributed by atoms with Crippen molar-refractivity contribution >= 4 is 32.5 Å². The molecule has 0 saturated carbocycles. The number of anilines is 2. The number of benzene rings is 1. The lowest BCUT2D eigenvalue weighted by Crippen LogP contribution is -1.93. The molecule has 0 atom stereocenters. The van der Waals surface area contributed by atoms with Crippen LogP contribution in [0.15, 0.2) is 49.1 Å². The number of pyridine rings is 1. The third-order valence-electron chi connectivity index (χ3n) is 3.77. The Bertz CT molecular complexity index is 1050. The Kier molecular flexibility index (Phi) is 4.32. The van der Waals surface area contributed by atoms with E-state index in [1.807, 2.05) is 18.2 Å². The molecule has 3 aromatic heterocycles. The Labute approximate surface area is 153 Å². The Morgan fingerprint density at radius 1 is 1.00 bits per heavy atom. The van der Waals surface area contributed by atoms with Crippen molar-refractivity contribution in [2.75, 3.05) is 19.5 Å². The highest BCUT2D eigenvalue weighted by Gasteiger charge is 2.10. The third-order valence-corrected chi connectivity index (χ3v) is 4.70. The number of hydrogen-bond donors (Lipinski definition) is 1. The average Bonchev–Trinajstić information content (AvgIpc) is 3.09. The maximum atomic E-state index is 5.34. The number of ether oxygens (including phenoxy) is 2. The smallest absolute Gasteiger partial charge is 0.256 e.